The van der Waals surface area contributed by atoms with Crippen LogP contribution in [0.2, 0.25) is 0 Å². The van der Waals surface area contributed by atoms with Crippen LogP contribution in [0.3, 0.4) is 0 Å². The molecule has 0 amide bonds. The molecule has 0 radical (unpaired) electrons. The molecule has 0 aliphatic rings. The molecule has 306 valence electrons. The van der Waals surface area contributed by atoms with Gasteiger partial charge in [-0.3, -0.25) is 0 Å². The molecule has 0 aliphatic carbocycles. The van der Waals surface area contributed by atoms with Gasteiger partial charge in [-0.05, 0) is 180 Å². The number of pyridine rings is 1. The zero-order chi connectivity index (χ0) is 43.6. The molecule has 0 aliphatic heterocycles. The first-order chi connectivity index (χ1) is 29.6. The average molecular weight is 800 g/mol. The monoisotopic (exact) mass is 799 g/mol. The molecule has 7 rings (SSSR count). The van der Waals surface area contributed by atoms with Crippen LogP contribution in [0.4, 0.5) is 17.1 Å². The minimum absolute atomic E-state index is 0.935. The summed E-state index contributed by atoms with van der Waals surface area (Å²) in [5, 5.41) is 13.1. The normalized spacial score (nSPS) is 11.3. The summed E-state index contributed by atoms with van der Waals surface area (Å²) in [6.07, 6.45) is 12.4. The Hall–Kier alpha value is -7.29. The van der Waals surface area contributed by atoms with Gasteiger partial charge in [-0.1, -0.05) is 72.8 Å². The van der Waals surface area contributed by atoms with Crippen LogP contribution < -0.4 is 21.3 Å². The van der Waals surface area contributed by atoms with Crippen molar-refractivity contribution >= 4 is 22.6 Å². The van der Waals surface area contributed by atoms with Gasteiger partial charge in [0, 0.05) is 62.1 Å². The van der Waals surface area contributed by atoms with Crippen molar-refractivity contribution in [2.45, 2.75) is 34.6 Å². The maximum atomic E-state index is 5.68. The molecule has 5 nitrogen and oxygen atoms in total. The highest BCUT2D eigenvalue weighted by atomic mass is 14.8. The molecule has 6 aromatic carbocycles. The van der Waals surface area contributed by atoms with Crippen LogP contribution in [0.25, 0.3) is 72.6 Å². The topological polar surface area (TPSA) is 61.0 Å². The van der Waals surface area contributed by atoms with Crippen LogP contribution in [-0.4, -0.2) is 33.2 Å². The van der Waals surface area contributed by atoms with Crippen molar-refractivity contribution in [3.05, 3.63) is 174 Å². The van der Waals surface area contributed by atoms with Crippen LogP contribution in [0.15, 0.2) is 151 Å². The number of aromatic nitrogens is 1. The number of nitrogens with zero attached hydrogens (tertiary/aromatic N) is 1. The van der Waals surface area contributed by atoms with Crippen molar-refractivity contribution in [3.8, 4) is 79.9 Å². The predicted molar refractivity (Wildman–Crippen MR) is 266 cm³/mol. The van der Waals surface area contributed by atoms with Crippen molar-refractivity contribution < 1.29 is 0 Å². The molecule has 7 aromatic rings. The Labute approximate surface area is 363 Å². The smallest absolute Gasteiger partial charge is 0.0721 e. The molecular weight excluding hydrogens is 743 g/mol. The van der Waals surface area contributed by atoms with Crippen LogP contribution in [-0.2, 0) is 0 Å². The summed E-state index contributed by atoms with van der Waals surface area (Å²) < 4.78 is 0. The van der Waals surface area contributed by atoms with Gasteiger partial charge < -0.3 is 21.3 Å². The fourth-order valence-electron chi connectivity index (χ4n) is 7.93. The fourth-order valence-corrected chi connectivity index (χ4v) is 7.93. The lowest BCUT2D eigenvalue weighted by Gasteiger charge is -2.21. The second kappa shape index (κ2) is 19.6. The minimum Gasteiger partial charge on any atom is -0.392 e. The first kappa shape index (κ1) is 43.3. The molecule has 0 spiro atoms. The number of hydrogen-bond acceptors (Lipinski definition) is 5. The van der Waals surface area contributed by atoms with E-state index in [0.717, 1.165) is 73.1 Å². The van der Waals surface area contributed by atoms with Crippen LogP contribution >= 0.6 is 0 Å². The Bertz CT molecular complexity index is 2700. The lowest BCUT2D eigenvalue weighted by Crippen LogP contribution is -2.02. The van der Waals surface area contributed by atoms with Gasteiger partial charge in [0.1, 0.15) is 0 Å². The van der Waals surface area contributed by atoms with Gasteiger partial charge in [0.2, 0.25) is 0 Å². The molecule has 0 atom stereocenters. The van der Waals surface area contributed by atoms with E-state index >= 15 is 0 Å². The Balaban J connectivity index is 0.00000307. The molecule has 5 heteroatoms. The molecule has 1 heterocycles. The van der Waals surface area contributed by atoms with E-state index < -0.39 is 0 Å². The Morgan fingerprint density at radius 3 is 1.44 bits per heavy atom. The van der Waals surface area contributed by atoms with E-state index in [4.69, 9.17) is 4.98 Å². The largest absolute Gasteiger partial charge is 0.392 e. The summed E-state index contributed by atoms with van der Waals surface area (Å²) in [5.74, 6) is 0. The summed E-state index contributed by atoms with van der Waals surface area (Å²) in [7, 11) is 7.83. The van der Waals surface area contributed by atoms with Crippen molar-refractivity contribution in [1.29, 1.82) is 0 Å². The van der Waals surface area contributed by atoms with E-state index in [1.165, 1.54) is 44.5 Å². The third-order valence-electron chi connectivity index (χ3n) is 11.6. The van der Waals surface area contributed by atoms with Gasteiger partial charge in [0.15, 0.2) is 0 Å². The molecule has 61 heavy (non-hydrogen) atoms. The second-order valence-corrected chi connectivity index (χ2v) is 15.2. The molecule has 0 unspecified atom stereocenters. The standard InChI is InChI=1S/C54H55N5.C2H2/c1-34(15-16-35(2)55-6)48-33-50(42-21-27-47(58-9)28-22-42)38(5)54(37(48)4)53-32-44(39-13-11-10-12-14-39)31-52(59-53)51-30-43(40-17-23-45(56-7)24-18-40)29-49(36(51)3)41-19-25-46(57-8)26-20-41;1-2/h10-33,55-58H,1-9H3;1-2H/b34-15+,35-16+;. The van der Waals surface area contributed by atoms with E-state index in [2.05, 4.69) is 214 Å². The van der Waals surface area contributed by atoms with Crippen LogP contribution in [0, 0.1) is 33.6 Å². The van der Waals surface area contributed by atoms with E-state index in [1.54, 1.807) is 0 Å². The molecule has 4 N–H and O–H groups in total. The highest BCUT2D eigenvalue weighted by Crippen LogP contribution is 2.43. The van der Waals surface area contributed by atoms with Crippen molar-refractivity contribution in [2.75, 3.05) is 44.1 Å². The highest BCUT2D eigenvalue weighted by molar-refractivity contribution is 5.90. The van der Waals surface area contributed by atoms with E-state index in [9.17, 15) is 0 Å². The number of terminal acetylenes is 1. The summed E-state index contributed by atoms with van der Waals surface area (Å²) in [6.45, 7) is 11.0. The lowest BCUT2D eigenvalue weighted by atomic mass is 9.85. The summed E-state index contributed by atoms with van der Waals surface area (Å²) in [4.78, 5) is 5.68. The number of anilines is 3. The van der Waals surface area contributed by atoms with E-state index in [0.29, 0.717) is 0 Å². The molecule has 1 aromatic heterocycles. The summed E-state index contributed by atoms with van der Waals surface area (Å²) in [6, 6.07) is 48.3. The van der Waals surface area contributed by atoms with Gasteiger partial charge in [-0.2, -0.15) is 0 Å². The zero-order valence-electron chi connectivity index (χ0n) is 37.0. The van der Waals surface area contributed by atoms with Crippen LogP contribution in [0.1, 0.15) is 36.1 Å². The van der Waals surface area contributed by atoms with Crippen molar-refractivity contribution in [2.24, 2.45) is 0 Å². The first-order valence-corrected chi connectivity index (χ1v) is 20.7. The highest BCUT2D eigenvalue weighted by Gasteiger charge is 2.21. The quantitative estimate of drug-likeness (QED) is 0.0732. The first-order valence-electron chi connectivity index (χ1n) is 20.7. The molecular formula is C56H57N5. The second-order valence-electron chi connectivity index (χ2n) is 15.2. The molecule has 0 fully saturated rings. The maximum absolute atomic E-state index is 5.68. The number of rotatable bonds is 12. The fraction of sp³-hybridized carbons (Fsp3) is 0.161. The zero-order valence-corrected chi connectivity index (χ0v) is 37.0. The van der Waals surface area contributed by atoms with Crippen molar-refractivity contribution in [1.82, 2.24) is 10.3 Å². The molecule has 0 saturated carbocycles. The average Bonchev–Trinajstić information content (AvgIpc) is 3.31. The van der Waals surface area contributed by atoms with Gasteiger partial charge in [-0.25, -0.2) is 4.98 Å². The molecule has 0 saturated heterocycles. The Kier molecular flexibility index (Phi) is 13.9. The number of nitrogens with one attached hydrogen (secondary N) is 4. The van der Waals surface area contributed by atoms with E-state index in [-0.39, 0.29) is 0 Å². The number of benzene rings is 6. The maximum Gasteiger partial charge on any atom is 0.0721 e. The SMILES string of the molecule is C#C.CN/C(C)=C/C=C(\C)c1cc(-c2ccc(NC)cc2)c(C)c(-c2cc(-c3ccccc3)cc(-c3cc(-c4ccc(NC)cc4)cc(-c4ccc(NC)cc4)c3C)n2)c1C. The minimum atomic E-state index is 0.935. The predicted octanol–water partition coefficient (Wildman–Crippen LogP) is 13.9. The van der Waals surface area contributed by atoms with Gasteiger partial charge >= 0.3 is 0 Å². The summed E-state index contributed by atoms with van der Waals surface area (Å²) in [5.41, 5.74) is 23.7. The Morgan fingerprint density at radius 2 is 0.918 bits per heavy atom. The number of allylic oxidation sites excluding steroid dienone is 4. The Morgan fingerprint density at radius 1 is 0.459 bits per heavy atom. The van der Waals surface area contributed by atoms with Crippen LogP contribution in [0.5, 0.6) is 0 Å². The van der Waals surface area contributed by atoms with Gasteiger partial charge in [-0.15, -0.1) is 12.8 Å². The third-order valence-corrected chi connectivity index (χ3v) is 11.6. The summed E-state index contributed by atoms with van der Waals surface area (Å²) >= 11 is 0. The van der Waals surface area contributed by atoms with Crippen molar-refractivity contribution in [3.63, 3.8) is 0 Å². The molecule has 0 bridgehead atoms. The van der Waals surface area contributed by atoms with E-state index in [1.807, 2.05) is 28.2 Å². The van der Waals surface area contributed by atoms with Gasteiger partial charge in [0.25, 0.3) is 0 Å². The third kappa shape index (κ3) is 9.46. The number of hydrogen-bond donors (Lipinski definition) is 4. The lowest BCUT2D eigenvalue weighted by molar-refractivity contribution is 0.990. The van der Waals surface area contributed by atoms with Gasteiger partial charge in [0.05, 0.1) is 11.4 Å².